The number of ether oxygens (including phenoxy) is 1. The third kappa shape index (κ3) is 3.37. The van der Waals surface area contributed by atoms with E-state index in [1.165, 1.54) is 0 Å². The van der Waals surface area contributed by atoms with E-state index in [0.717, 1.165) is 42.1 Å². The Morgan fingerprint density at radius 2 is 2.12 bits per heavy atom. The number of rotatable bonds is 3. The van der Waals surface area contributed by atoms with Gasteiger partial charge in [-0.05, 0) is 44.9 Å². The van der Waals surface area contributed by atoms with Crippen molar-refractivity contribution in [2.45, 2.75) is 32.8 Å². The molecule has 1 N–H and O–H groups in total. The third-order valence-electron chi connectivity index (χ3n) is 4.55. The molecule has 4 heterocycles. The molecule has 3 aromatic rings. The second-order valence-electron chi connectivity index (χ2n) is 6.64. The van der Waals surface area contributed by atoms with Crippen molar-refractivity contribution in [3.63, 3.8) is 0 Å². The van der Waals surface area contributed by atoms with Gasteiger partial charge in [0, 0.05) is 29.9 Å². The maximum atomic E-state index is 12.5. The van der Waals surface area contributed by atoms with E-state index in [4.69, 9.17) is 4.74 Å². The lowest BCUT2D eigenvalue weighted by atomic mass is 10.1. The molecular weight excluding hydrogens is 330 g/mol. The number of hydrogen-bond acceptors (Lipinski definition) is 6. The Hall–Kier alpha value is -2.96. The summed E-state index contributed by atoms with van der Waals surface area (Å²) in [5.74, 6) is 1.26. The number of aryl methyl sites for hydroxylation is 2. The normalized spacial score (nSPS) is 17.5. The van der Waals surface area contributed by atoms with Crippen molar-refractivity contribution in [1.29, 1.82) is 0 Å². The molecule has 4 rings (SSSR count). The van der Waals surface area contributed by atoms with E-state index in [1.54, 1.807) is 12.3 Å². The van der Waals surface area contributed by atoms with E-state index in [9.17, 15) is 4.79 Å². The Kier molecular flexibility index (Phi) is 4.28. The van der Waals surface area contributed by atoms with Gasteiger partial charge in [0.2, 0.25) is 0 Å². The first kappa shape index (κ1) is 16.5. The fraction of sp³-hybridized carbons (Fsp3) is 0.368. The lowest BCUT2D eigenvalue weighted by molar-refractivity contribution is 0.0263. The van der Waals surface area contributed by atoms with Gasteiger partial charge in [-0.3, -0.25) is 0 Å². The Morgan fingerprint density at radius 3 is 2.96 bits per heavy atom. The van der Waals surface area contributed by atoms with Crippen LogP contribution in [0, 0.1) is 13.8 Å². The standard InChI is InChI=1S/C19H21N5O2/c1-12-10-17(22-13(2)21-12)24-9-3-4-15(11-24)26-19(25)16-6-5-14-7-8-20-18(14)23-16/h5-8,10,15H,3-4,9,11H2,1-2H3,(H,20,23)/t15-/m0/s1. The largest absolute Gasteiger partial charge is 0.456 e. The number of carbonyl (C=O) groups excluding carboxylic acids is 1. The van der Waals surface area contributed by atoms with Crippen LogP contribution in [0.5, 0.6) is 0 Å². The molecule has 1 fully saturated rings. The van der Waals surface area contributed by atoms with Crippen molar-refractivity contribution in [3.8, 4) is 0 Å². The first-order valence-corrected chi connectivity index (χ1v) is 8.81. The van der Waals surface area contributed by atoms with Crippen LogP contribution in [0.2, 0.25) is 0 Å². The lowest BCUT2D eigenvalue weighted by Crippen LogP contribution is -2.41. The summed E-state index contributed by atoms with van der Waals surface area (Å²) in [4.78, 5) is 30.8. The molecule has 7 heteroatoms. The zero-order chi connectivity index (χ0) is 18.1. The zero-order valence-corrected chi connectivity index (χ0v) is 14.9. The molecule has 134 valence electrons. The number of aromatic amines is 1. The maximum Gasteiger partial charge on any atom is 0.357 e. The Labute approximate surface area is 151 Å². The Morgan fingerprint density at radius 1 is 1.23 bits per heavy atom. The summed E-state index contributed by atoms with van der Waals surface area (Å²) in [7, 11) is 0. The first-order chi connectivity index (χ1) is 12.6. The number of nitrogens with zero attached hydrogens (tertiary/aromatic N) is 4. The quantitative estimate of drug-likeness (QED) is 0.731. The molecular formula is C19H21N5O2. The van der Waals surface area contributed by atoms with Gasteiger partial charge < -0.3 is 14.6 Å². The van der Waals surface area contributed by atoms with Crippen molar-refractivity contribution in [2.75, 3.05) is 18.0 Å². The number of aromatic nitrogens is 4. The zero-order valence-electron chi connectivity index (χ0n) is 14.9. The molecule has 0 saturated carbocycles. The maximum absolute atomic E-state index is 12.5. The molecule has 0 unspecified atom stereocenters. The van der Waals surface area contributed by atoms with E-state index >= 15 is 0 Å². The number of fused-ring (bicyclic) bond motifs is 1. The van der Waals surface area contributed by atoms with E-state index in [0.29, 0.717) is 17.9 Å². The SMILES string of the molecule is Cc1cc(N2CCC[C@H](OC(=O)c3ccc4cc[nH]c4n3)C2)nc(C)n1. The van der Waals surface area contributed by atoms with E-state index in [-0.39, 0.29) is 12.1 Å². The Bertz CT molecular complexity index is 932. The minimum Gasteiger partial charge on any atom is -0.456 e. The number of esters is 1. The van der Waals surface area contributed by atoms with Crippen molar-refractivity contribution in [2.24, 2.45) is 0 Å². The third-order valence-corrected chi connectivity index (χ3v) is 4.55. The summed E-state index contributed by atoms with van der Waals surface area (Å²) in [6.45, 7) is 5.38. The van der Waals surface area contributed by atoms with Gasteiger partial charge in [0.05, 0.1) is 6.54 Å². The molecule has 0 aliphatic carbocycles. The number of anilines is 1. The van der Waals surface area contributed by atoms with Gasteiger partial charge in [-0.15, -0.1) is 0 Å². The second kappa shape index (κ2) is 6.74. The van der Waals surface area contributed by atoms with E-state index < -0.39 is 0 Å². The fourth-order valence-electron chi connectivity index (χ4n) is 3.36. The molecule has 3 aromatic heterocycles. The number of hydrogen-bond donors (Lipinski definition) is 1. The van der Waals surface area contributed by atoms with Gasteiger partial charge in [-0.25, -0.2) is 19.7 Å². The van der Waals surface area contributed by atoms with Crippen molar-refractivity contribution in [3.05, 3.63) is 47.7 Å². The minimum absolute atomic E-state index is 0.173. The minimum atomic E-state index is -0.386. The van der Waals surface area contributed by atoms with Crippen LogP contribution in [0.25, 0.3) is 11.0 Å². The van der Waals surface area contributed by atoms with Crippen LogP contribution < -0.4 is 4.90 Å². The van der Waals surface area contributed by atoms with Crippen LogP contribution in [0.3, 0.4) is 0 Å². The van der Waals surface area contributed by atoms with Gasteiger partial charge in [0.15, 0.2) is 5.69 Å². The van der Waals surface area contributed by atoms with Gasteiger partial charge >= 0.3 is 5.97 Å². The monoisotopic (exact) mass is 351 g/mol. The van der Waals surface area contributed by atoms with Gasteiger partial charge in [-0.1, -0.05) is 0 Å². The number of pyridine rings is 1. The van der Waals surface area contributed by atoms with Gasteiger partial charge in [-0.2, -0.15) is 0 Å². The van der Waals surface area contributed by atoms with Crippen molar-refractivity contribution in [1.82, 2.24) is 19.9 Å². The molecule has 1 atom stereocenters. The highest BCUT2D eigenvalue weighted by Gasteiger charge is 2.25. The van der Waals surface area contributed by atoms with Crippen molar-refractivity contribution < 1.29 is 9.53 Å². The summed E-state index contributed by atoms with van der Waals surface area (Å²) >= 11 is 0. The van der Waals surface area contributed by atoms with Gasteiger partial charge in [0.25, 0.3) is 0 Å². The number of H-pyrrole nitrogens is 1. The molecule has 0 spiro atoms. The fourth-order valence-corrected chi connectivity index (χ4v) is 3.36. The molecule has 0 bridgehead atoms. The summed E-state index contributed by atoms with van der Waals surface area (Å²) < 4.78 is 5.71. The highest BCUT2D eigenvalue weighted by molar-refractivity contribution is 5.90. The average molecular weight is 351 g/mol. The van der Waals surface area contributed by atoms with Crippen LogP contribution in [0.1, 0.15) is 34.8 Å². The predicted octanol–water partition coefficient (Wildman–Crippen LogP) is 2.80. The smallest absolute Gasteiger partial charge is 0.357 e. The lowest BCUT2D eigenvalue weighted by Gasteiger charge is -2.33. The first-order valence-electron chi connectivity index (χ1n) is 8.81. The number of piperidine rings is 1. The highest BCUT2D eigenvalue weighted by Crippen LogP contribution is 2.21. The molecule has 1 saturated heterocycles. The van der Waals surface area contributed by atoms with Gasteiger partial charge in [0.1, 0.15) is 23.4 Å². The highest BCUT2D eigenvalue weighted by atomic mass is 16.5. The molecule has 1 aliphatic rings. The van der Waals surface area contributed by atoms with E-state index in [2.05, 4.69) is 24.8 Å². The molecule has 0 aromatic carbocycles. The van der Waals surface area contributed by atoms with Crippen LogP contribution in [-0.4, -0.2) is 45.1 Å². The number of nitrogens with one attached hydrogen (secondary N) is 1. The topological polar surface area (TPSA) is 84.0 Å². The van der Waals surface area contributed by atoms with Crippen LogP contribution in [-0.2, 0) is 4.74 Å². The summed E-state index contributed by atoms with van der Waals surface area (Å²) in [5.41, 5.74) is 1.96. The molecule has 0 radical (unpaired) electrons. The molecule has 26 heavy (non-hydrogen) atoms. The summed E-state index contributed by atoms with van der Waals surface area (Å²) in [5, 5.41) is 0.972. The predicted molar refractivity (Wildman–Crippen MR) is 98.3 cm³/mol. The van der Waals surface area contributed by atoms with Crippen LogP contribution in [0.15, 0.2) is 30.5 Å². The second-order valence-corrected chi connectivity index (χ2v) is 6.64. The summed E-state index contributed by atoms with van der Waals surface area (Å²) in [6.07, 6.45) is 3.42. The van der Waals surface area contributed by atoms with E-state index in [1.807, 2.05) is 32.0 Å². The summed E-state index contributed by atoms with van der Waals surface area (Å²) in [6, 6.07) is 7.46. The molecule has 0 amide bonds. The number of carbonyl (C=O) groups is 1. The molecule has 1 aliphatic heterocycles. The average Bonchev–Trinajstić information content (AvgIpc) is 3.09. The van der Waals surface area contributed by atoms with Crippen molar-refractivity contribution >= 4 is 22.8 Å². The van der Waals surface area contributed by atoms with Crippen LogP contribution in [0.4, 0.5) is 5.82 Å². The molecule has 7 nitrogen and oxygen atoms in total. The van der Waals surface area contributed by atoms with Crippen LogP contribution >= 0.6 is 0 Å². The Balaban J connectivity index is 1.46.